The first kappa shape index (κ1) is 19.0. The van der Waals surface area contributed by atoms with E-state index in [1.54, 1.807) is 7.11 Å². The number of hydrogen-bond acceptors (Lipinski definition) is 3. The zero-order chi connectivity index (χ0) is 18.4. The quantitative estimate of drug-likeness (QED) is 0.721. The lowest BCUT2D eigenvalue weighted by Crippen LogP contribution is -2.39. The third-order valence-corrected chi connectivity index (χ3v) is 5.00. The number of nitrogens with one attached hydrogen (secondary N) is 1. The molecule has 6 heteroatoms. The molecule has 26 heavy (non-hydrogen) atoms. The van der Waals surface area contributed by atoms with Crippen LogP contribution in [-0.4, -0.2) is 36.4 Å². The molecule has 1 N–H and O–H groups in total. The SMILES string of the molecule is COc1ccccc1CN(CC1CCCO1)C(=S)Nc1ccc(Cl)cc1. The van der Waals surface area contributed by atoms with Crippen LogP contribution in [0.25, 0.3) is 0 Å². The topological polar surface area (TPSA) is 33.7 Å². The van der Waals surface area contributed by atoms with Crippen molar-refractivity contribution in [1.82, 2.24) is 4.90 Å². The highest BCUT2D eigenvalue weighted by Gasteiger charge is 2.22. The number of anilines is 1. The Morgan fingerprint density at radius 2 is 2.04 bits per heavy atom. The Kier molecular flexibility index (Phi) is 6.72. The number of ether oxygens (including phenoxy) is 2. The van der Waals surface area contributed by atoms with Gasteiger partial charge in [0, 0.05) is 36.0 Å². The number of rotatable bonds is 6. The first-order chi connectivity index (χ1) is 12.7. The standard InChI is InChI=1S/C20H23ClN2O2S/c1-24-19-7-3-2-5-15(19)13-23(14-18-6-4-12-25-18)20(26)22-17-10-8-16(21)9-11-17/h2-3,5,7-11,18H,4,6,12-14H2,1H3,(H,22,26). The normalized spacial score (nSPS) is 16.3. The summed E-state index contributed by atoms with van der Waals surface area (Å²) in [6.07, 6.45) is 2.37. The molecule has 0 aliphatic carbocycles. The van der Waals surface area contributed by atoms with E-state index in [0.717, 1.165) is 43.0 Å². The van der Waals surface area contributed by atoms with E-state index in [0.29, 0.717) is 16.7 Å². The number of halogens is 1. The van der Waals surface area contributed by atoms with E-state index < -0.39 is 0 Å². The van der Waals surface area contributed by atoms with Crippen LogP contribution in [0.3, 0.4) is 0 Å². The van der Waals surface area contributed by atoms with Crippen molar-refractivity contribution in [1.29, 1.82) is 0 Å². The van der Waals surface area contributed by atoms with E-state index in [9.17, 15) is 0 Å². The second-order valence-electron chi connectivity index (χ2n) is 6.26. The molecule has 1 aliphatic heterocycles. The van der Waals surface area contributed by atoms with E-state index >= 15 is 0 Å². The van der Waals surface area contributed by atoms with Gasteiger partial charge in [0.1, 0.15) is 5.75 Å². The van der Waals surface area contributed by atoms with Gasteiger partial charge in [0.05, 0.1) is 13.2 Å². The Balaban J connectivity index is 1.75. The zero-order valence-corrected chi connectivity index (χ0v) is 16.4. The number of para-hydroxylation sites is 1. The molecule has 0 radical (unpaired) electrons. The lowest BCUT2D eigenvalue weighted by atomic mass is 10.1. The highest BCUT2D eigenvalue weighted by molar-refractivity contribution is 7.80. The van der Waals surface area contributed by atoms with Crippen molar-refractivity contribution in [2.75, 3.05) is 25.6 Å². The highest BCUT2D eigenvalue weighted by Crippen LogP contribution is 2.22. The molecule has 0 amide bonds. The minimum absolute atomic E-state index is 0.203. The average Bonchev–Trinajstić information content (AvgIpc) is 3.16. The van der Waals surface area contributed by atoms with Gasteiger partial charge < -0.3 is 19.7 Å². The third-order valence-electron chi connectivity index (χ3n) is 4.38. The highest BCUT2D eigenvalue weighted by atomic mass is 35.5. The van der Waals surface area contributed by atoms with Crippen molar-refractivity contribution in [2.24, 2.45) is 0 Å². The van der Waals surface area contributed by atoms with Gasteiger partial charge in [-0.1, -0.05) is 29.8 Å². The summed E-state index contributed by atoms with van der Waals surface area (Å²) < 4.78 is 11.3. The van der Waals surface area contributed by atoms with E-state index in [4.69, 9.17) is 33.3 Å². The van der Waals surface area contributed by atoms with Gasteiger partial charge in [0.15, 0.2) is 5.11 Å². The van der Waals surface area contributed by atoms with Crippen LogP contribution >= 0.6 is 23.8 Å². The van der Waals surface area contributed by atoms with Crippen molar-refractivity contribution in [3.8, 4) is 5.75 Å². The lowest BCUT2D eigenvalue weighted by molar-refractivity contribution is 0.0903. The minimum atomic E-state index is 0.203. The average molecular weight is 391 g/mol. The predicted molar refractivity (Wildman–Crippen MR) is 110 cm³/mol. The van der Waals surface area contributed by atoms with Crippen molar-refractivity contribution >= 4 is 34.6 Å². The van der Waals surface area contributed by atoms with E-state index in [1.807, 2.05) is 42.5 Å². The van der Waals surface area contributed by atoms with Gasteiger partial charge >= 0.3 is 0 Å². The van der Waals surface area contributed by atoms with Crippen LogP contribution in [0.4, 0.5) is 5.69 Å². The molecular weight excluding hydrogens is 368 g/mol. The number of thiocarbonyl (C=S) groups is 1. The molecule has 138 valence electrons. The fourth-order valence-electron chi connectivity index (χ4n) is 3.03. The van der Waals surface area contributed by atoms with Crippen LogP contribution < -0.4 is 10.1 Å². The Morgan fingerprint density at radius 3 is 2.73 bits per heavy atom. The summed E-state index contributed by atoms with van der Waals surface area (Å²) in [7, 11) is 1.69. The molecule has 1 aliphatic rings. The van der Waals surface area contributed by atoms with Gasteiger partial charge in [-0.3, -0.25) is 0 Å². The smallest absolute Gasteiger partial charge is 0.173 e. The van der Waals surface area contributed by atoms with Crippen LogP contribution in [0, 0.1) is 0 Å². The molecule has 0 saturated carbocycles. The van der Waals surface area contributed by atoms with Crippen molar-refractivity contribution < 1.29 is 9.47 Å². The minimum Gasteiger partial charge on any atom is -0.496 e. The summed E-state index contributed by atoms with van der Waals surface area (Å²) in [6, 6.07) is 15.5. The maximum atomic E-state index is 5.96. The molecule has 0 bridgehead atoms. The maximum absolute atomic E-state index is 5.96. The van der Waals surface area contributed by atoms with Gasteiger partial charge in [-0.15, -0.1) is 0 Å². The number of methoxy groups -OCH3 is 1. The van der Waals surface area contributed by atoms with Crippen LogP contribution in [-0.2, 0) is 11.3 Å². The molecule has 4 nitrogen and oxygen atoms in total. The second-order valence-corrected chi connectivity index (χ2v) is 7.09. The first-order valence-electron chi connectivity index (χ1n) is 8.70. The maximum Gasteiger partial charge on any atom is 0.173 e. The van der Waals surface area contributed by atoms with Gasteiger partial charge in [-0.25, -0.2) is 0 Å². The summed E-state index contributed by atoms with van der Waals surface area (Å²) in [5.74, 6) is 0.860. The second kappa shape index (κ2) is 9.21. The van der Waals surface area contributed by atoms with Crippen molar-refractivity contribution in [3.63, 3.8) is 0 Å². The van der Waals surface area contributed by atoms with Crippen LogP contribution in [0.15, 0.2) is 48.5 Å². The molecular formula is C20H23ClN2O2S. The van der Waals surface area contributed by atoms with Crippen LogP contribution in [0.1, 0.15) is 18.4 Å². The van der Waals surface area contributed by atoms with Crippen LogP contribution in [0.5, 0.6) is 5.75 Å². The molecule has 1 unspecified atom stereocenters. The lowest BCUT2D eigenvalue weighted by Gasteiger charge is -2.29. The molecule has 2 aromatic rings. The van der Waals surface area contributed by atoms with E-state index in [1.165, 1.54) is 0 Å². The fourth-order valence-corrected chi connectivity index (χ4v) is 3.41. The summed E-state index contributed by atoms with van der Waals surface area (Å²) in [5, 5.41) is 4.66. The van der Waals surface area contributed by atoms with E-state index in [-0.39, 0.29) is 6.10 Å². The fraction of sp³-hybridized carbons (Fsp3) is 0.350. The van der Waals surface area contributed by atoms with Gasteiger partial charge in [-0.2, -0.15) is 0 Å². The Hall–Kier alpha value is -1.82. The van der Waals surface area contributed by atoms with Gasteiger partial charge in [-0.05, 0) is 55.4 Å². The molecule has 3 rings (SSSR count). The molecule has 1 saturated heterocycles. The third kappa shape index (κ3) is 5.10. The summed E-state index contributed by atoms with van der Waals surface area (Å²) in [5.41, 5.74) is 2.00. The Morgan fingerprint density at radius 1 is 1.27 bits per heavy atom. The summed E-state index contributed by atoms with van der Waals surface area (Å²) in [6.45, 7) is 2.23. The first-order valence-corrected chi connectivity index (χ1v) is 9.49. The summed E-state index contributed by atoms with van der Waals surface area (Å²) in [4.78, 5) is 2.14. The Bertz CT molecular complexity index is 733. The number of benzene rings is 2. The molecule has 1 fully saturated rings. The molecule has 0 spiro atoms. The van der Waals surface area contributed by atoms with Crippen LogP contribution in [0.2, 0.25) is 5.02 Å². The number of hydrogen-bond donors (Lipinski definition) is 1. The van der Waals surface area contributed by atoms with E-state index in [2.05, 4.69) is 16.3 Å². The Labute approximate surface area is 165 Å². The predicted octanol–water partition coefficient (Wildman–Crippen LogP) is 4.73. The van der Waals surface area contributed by atoms with Crippen molar-refractivity contribution in [3.05, 3.63) is 59.1 Å². The molecule has 1 heterocycles. The van der Waals surface area contributed by atoms with Gasteiger partial charge in [0.2, 0.25) is 0 Å². The largest absolute Gasteiger partial charge is 0.496 e. The van der Waals surface area contributed by atoms with Gasteiger partial charge in [0.25, 0.3) is 0 Å². The molecule has 0 aromatic heterocycles. The zero-order valence-electron chi connectivity index (χ0n) is 14.8. The molecule has 1 atom stereocenters. The van der Waals surface area contributed by atoms with Crippen molar-refractivity contribution in [2.45, 2.75) is 25.5 Å². The molecule has 2 aromatic carbocycles. The summed E-state index contributed by atoms with van der Waals surface area (Å²) >= 11 is 11.7. The number of nitrogens with zero attached hydrogens (tertiary/aromatic N) is 1. The monoisotopic (exact) mass is 390 g/mol.